The Balaban J connectivity index is 1.17. The molecule has 0 radical (unpaired) electrons. The molecule has 5 aliphatic carbocycles. The Labute approximate surface area is 389 Å². The third-order valence-electron chi connectivity index (χ3n) is 18.7. The van der Waals surface area contributed by atoms with Gasteiger partial charge in [0, 0.05) is 5.92 Å². The summed E-state index contributed by atoms with van der Waals surface area (Å²) in [4.78, 5) is 54.0. The molecule has 0 bridgehead atoms. The van der Waals surface area contributed by atoms with Gasteiger partial charge < -0.3 is 59.1 Å². The van der Waals surface area contributed by atoms with Crippen molar-refractivity contribution in [1.82, 2.24) is 0 Å². The maximum atomic E-state index is 15.0. The fourth-order valence-electron chi connectivity index (χ4n) is 14.1. The van der Waals surface area contributed by atoms with Crippen LogP contribution >= 0.6 is 0 Å². The number of hydrogen-bond donors (Lipinski definition) is 6. The average molecular weight is 935 g/mol. The fraction of sp³-hybridized carbons (Fsp3) is 0.880. The van der Waals surface area contributed by atoms with Gasteiger partial charge in [0.25, 0.3) is 0 Å². The summed E-state index contributed by atoms with van der Waals surface area (Å²) >= 11 is 0. The van der Waals surface area contributed by atoms with Gasteiger partial charge in [0.05, 0.1) is 24.7 Å². The number of ether oxygens (including phenoxy) is 6. The predicted octanol–water partition coefficient (Wildman–Crippen LogP) is 4.76. The van der Waals surface area contributed by atoms with E-state index in [1.165, 1.54) is 0 Å². The number of aliphatic hydroxyl groups excluding tert-OH is 5. The summed E-state index contributed by atoms with van der Waals surface area (Å²) in [6.07, 6.45) is -7.96. The number of rotatable bonds is 13. The van der Waals surface area contributed by atoms with Crippen molar-refractivity contribution in [2.24, 2.45) is 50.2 Å². The minimum Gasteiger partial charge on any atom is -0.481 e. The van der Waals surface area contributed by atoms with Crippen molar-refractivity contribution in [3.05, 3.63) is 11.6 Å². The highest BCUT2D eigenvalue weighted by Gasteiger charge is 2.71. The summed E-state index contributed by atoms with van der Waals surface area (Å²) in [7, 11) is 0. The lowest BCUT2D eigenvalue weighted by Crippen LogP contribution is -2.68. The summed E-state index contributed by atoms with van der Waals surface area (Å²) in [6, 6.07) is 0. The number of carbonyl (C=O) groups excluding carboxylic acids is 3. The van der Waals surface area contributed by atoms with E-state index in [2.05, 4.69) is 41.5 Å². The summed E-state index contributed by atoms with van der Waals surface area (Å²) in [5.41, 5.74) is -1.67. The first-order valence-corrected chi connectivity index (χ1v) is 24.7. The average Bonchev–Trinajstić information content (AvgIpc) is 3.25. The lowest BCUT2D eigenvalue weighted by Gasteiger charge is -2.70. The number of carboxylic acids is 1. The van der Waals surface area contributed by atoms with Gasteiger partial charge in [0.2, 0.25) is 0 Å². The molecule has 16 nitrogen and oxygen atoms in total. The number of unbranched alkanes of at least 4 members (excludes halogenated alkanes) is 2. The maximum Gasteiger partial charge on any atom is 0.338 e. The first-order chi connectivity index (χ1) is 30.8. The Bertz CT molecular complexity index is 1870. The molecule has 16 heteroatoms. The van der Waals surface area contributed by atoms with Crippen molar-refractivity contribution in [1.29, 1.82) is 0 Å². The molecule has 9 unspecified atom stereocenters. The van der Waals surface area contributed by atoms with Gasteiger partial charge in [-0.3, -0.25) is 9.59 Å². The molecule has 19 atom stereocenters. The van der Waals surface area contributed by atoms with Crippen molar-refractivity contribution in [2.75, 3.05) is 13.2 Å². The third kappa shape index (κ3) is 8.41. The van der Waals surface area contributed by atoms with E-state index in [1.54, 1.807) is 0 Å². The van der Waals surface area contributed by atoms with Crippen LogP contribution in [-0.2, 0) is 47.6 Å². The van der Waals surface area contributed by atoms with Gasteiger partial charge in [0.1, 0.15) is 36.6 Å². The van der Waals surface area contributed by atoms with Crippen molar-refractivity contribution in [3.63, 3.8) is 0 Å². The van der Waals surface area contributed by atoms with Crippen molar-refractivity contribution in [2.45, 2.75) is 213 Å². The van der Waals surface area contributed by atoms with E-state index in [1.807, 2.05) is 26.8 Å². The molecule has 2 aliphatic heterocycles. The van der Waals surface area contributed by atoms with Crippen molar-refractivity contribution < 1.29 is 78.2 Å². The van der Waals surface area contributed by atoms with Gasteiger partial charge in [-0.05, 0) is 123 Å². The number of fused-ring (bicyclic) bond motifs is 7. The first-order valence-electron chi connectivity index (χ1n) is 24.7. The Morgan fingerprint density at radius 3 is 1.86 bits per heavy atom. The van der Waals surface area contributed by atoms with Crippen LogP contribution in [0, 0.1) is 50.2 Å². The number of esters is 2. The molecule has 0 aromatic heterocycles. The quantitative estimate of drug-likeness (QED) is 0.0828. The van der Waals surface area contributed by atoms with E-state index in [0.29, 0.717) is 38.5 Å². The van der Waals surface area contributed by atoms with E-state index in [0.717, 1.165) is 50.5 Å². The lowest BCUT2D eigenvalue weighted by atomic mass is 9.33. The van der Waals surface area contributed by atoms with Gasteiger partial charge in [-0.15, -0.1) is 0 Å². The fourth-order valence-corrected chi connectivity index (χ4v) is 14.1. The van der Waals surface area contributed by atoms with Crippen LogP contribution in [0.2, 0.25) is 0 Å². The number of aliphatic hydroxyl groups is 5. The predicted molar refractivity (Wildman–Crippen MR) is 236 cm³/mol. The molecule has 374 valence electrons. The molecule has 0 amide bonds. The molecule has 0 spiro atoms. The maximum absolute atomic E-state index is 15.0. The number of carbonyl (C=O) groups is 4. The second-order valence-corrected chi connectivity index (χ2v) is 23.0. The van der Waals surface area contributed by atoms with Crippen LogP contribution in [0.3, 0.4) is 0 Å². The zero-order chi connectivity index (χ0) is 48.5. The van der Waals surface area contributed by atoms with Crippen molar-refractivity contribution in [3.8, 4) is 0 Å². The Morgan fingerprint density at radius 1 is 0.697 bits per heavy atom. The van der Waals surface area contributed by atoms with E-state index < -0.39 is 107 Å². The SMILES string of the molecule is CCCCOC(=O)[C@H]1O[C@@H](O[C@H]2[C@H](OC3CCC4(C)C(CCC5(C)C4C(=O)C=C4C6CC(C)(C(=O)O)CCC6(C)CCC45C)C3(C)C)O[C@H](C(=O)OCCCC)[C@@H](O)[C@H]2O)[C@H](O)[C@H](O)[C@@H]1O. The number of carboxylic acid groups (broad SMARTS) is 1. The third-order valence-corrected chi connectivity index (χ3v) is 18.7. The standard InChI is InChI=1S/C50H78O16/c1-10-12-22-61-40(57)36-32(53)31(52)35(56)42(64-36)66-38-34(55)33(54)37(41(58)62-23-13-11-2)65-43(38)63-30-15-16-48(7)29(45(30,3)4)14-17-50(9)39(48)28(51)24-26-27-25-47(6,44(59)60)19-18-46(27,5)20-21-49(26,50)8/h24,27,29-39,42-43,52-56H,10-23,25H2,1-9H3,(H,59,60)/t27?,29?,30?,31-,32+,33+,34-,35-,36+,37+,38-,39?,42+,43-,46?,47?,48?,49?,50?/m1/s1. The molecule has 66 heavy (non-hydrogen) atoms. The summed E-state index contributed by atoms with van der Waals surface area (Å²) < 4.78 is 35.5. The molecule has 7 rings (SSSR count). The van der Waals surface area contributed by atoms with Crippen LogP contribution in [0.25, 0.3) is 0 Å². The highest BCUT2D eigenvalue weighted by atomic mass is 16.8. The van der Waals surface area contributed by atoms with E-state index >= 15 is 4.79 Å². The van der Waals surface area contributed by atoms with Crippen LogP contribution in [0.1, 0.15) is 146 Å². The summed E-state index contributed by atoms with van der Waals surface area (Å²) in [6.45, 7) is 19.0. The molecule has 2 heterocycles. The largest absolute Gasteiger partial charge is 0.481 e. The monoisotopic (exact) mass is 935 g/mol. The molecule has 7 aliphatic rings. The Morgan fingerprint density at radius 2 is 1.27 bits per heavy atom. The molecule has 2 saturated heterocycles. The van der Waals surface area contributed by atoms with E-state index in [-0.39, 0.29) is 47.6 Å². The second-order valence-electron chi connectivity index (χ2n) is 23.0. The van der Waals surface area contributed by atoms with Crippen molar-refractivity contribution >= 4 is 23.7 Å². The second kappa shape index (κ2) is 18.7. The molecule has 0 aromatic carbocycles. The highest BCUT2D eigenvalue weighted by molar-refractivity contribution is 5.95. The van der Waals surface area contributed by atoms with Crippen LogP contribution < -0.4 is 0 Å². The van der Waals surface area contributed by atoms with Crippen LogP contribution in [0.4, 0.5) is 0 Å². The lowest BCUT2D eigenvalue weighted by molar-refractivity contribution is -0.371. The smallest absolute Gasteiger partial charge is 0.338 e. The number of hydrogen-bond acceptors (Lipinski definition) is 15. The molecule has 4 saturated carbocycles. The molecule has 0 aromatic rings. The zero-order valence-electron chi connectivity index (χ0n) is 40.5. The number of aliphatic carboxylic acids is 1. The number of allylic oxidation sites excluding steroid dienone is 2. The van der Waals surface area contributed by atoms with Gasteiger partial charge in [-0.2, -0.15) is 0 Å². The Hall–Kier alpha value is -2.54. The Kier molecular flexibility index (Phi) is 14.5. The minimum absolute atomic E-state index is 0.00910. The van der Waals surface area contributed by atoms with Gasteiger partial charge >= 0.3 is 17.9 Å². The normalized spacial score (nSPS) is 47.5. The van der Waals surface area contributed by atoms with Gasteiger partial charge in [-0.25, -0.2) is 9.59 Å². The molecule has 6 N–H and O–H groups in total. The minimum atomic E-state index is -1.94. The highest BCUT2D eigenvalue weighted by Crippen LogP contribution is 2.75. The van der Waals surface area contributed by atoms with Gasteiger partial charge in [0.15, 0.2) is 30.6 Å². The van der Waals surface area contributed by atoms with Crippen LogP contribution in [0.15, 0.2) is 11.6 Å². The van der Waals surface area contributed by atoms with Crippen LogP contribution in [-0.4, -0.2) is 135 Å². The molecule has 6 fully saturated rings. The summed E-state index contributed by atoms with van der Waals surface area (Å²) in [5, 5.41) is 66.1. The van der Waals surface area contributed by atoms with E-state index in [4.69, 9.17) is 28.4 Å². The molecular weight excluding hydrogens is 857 g/mol. The van der Waals surface area contributed by atoms with E-state index in [9.17, 15) is 45.0 Å². The zero-order valence-corrected chi connectivity index (χ0v) is 40.5. The number of ketones is 1. The molecular formula is C50H78O16. The van der Waals surface area contributed by atoms with Gasteiger partial charge in [-0.1, -0.05) is 73.8 Å². The summed E-state index contributed by atoms with van der Waals surface area (Å²) in [5.74, 6) is -3.01. The first kappa shape index (κ1) is 51.3. The topological polar surface area (TPSA) is 245 Å². The van der Waals surface area contributed by atoms with Crippen LogP contribution in [0.5, 0.6) is 0 Å².